The number of hydrogen-bond acceptors (Lipinski definition) is 9. The van der Waals surface area contributed by atoms with Crippen LogP contribution in [0, 0.1) is 0 Å². The summed E-state index contributed by atoms with van der Waals surface area (Å²) >= 11 is 0. The minimum absolute atomic E-state index is 0.0263. The molecule has 0 saturated carbocycles. The molecule has 1 fully saturated rings. The highest BCUT2D eigenvalue weighted by Crippen LogP contribution is 2.37. The number of esters is 1. The van der Waals surface area contributed by atoms with Gasteiger partial charge in [0.25, 0.3) is 11.8 Å². The molecule has 2 aromatic rings. The van der Waals surface area contributed by atoms with Gasteiger partial charge < -0.3 is 9.47 Å². The lowest BCUT2D eigenvalue weighted by molar-refractivity contribution is -0.177. The van der Waals surface area contributed by atoms with Crippen molar-refractivity contribution in [2.75, 3.05) is 0 Å². The average Bonchev–Trinajstić information content (AvgIpc) is 3.13. The maximum Gasteiger partial charge on any atom is 0.534 e. The van der Waals surface area contributed by atoms with Crippen LogP contribution in [0.1, 0.15) is 24.0 Å². The Morgan fingerprint density at radius 3 is 1.78 bits per heavy atom. The molecule has 1 aliphatic heterocycles. The molecule has 1 aliphatic rings. The van der Waals surface area contributed by atoms with E-state index >= 15 is 0 Å². The molecule has 0 unspecified atom stereocenters. The molecule has 2 amide bonds. The summed E-state index contributed by atoms with van der Waals surface area (Å²) in [4.78, 5) is 52.3. The first-order chi connectivity index (χ1) is 15.4. The Bertz CT molecular complexity index is 990. The van der Waals surface area contributed by atoms with Gasteiger partial charge in [-0.05, 0) is 35.4 Å². The summed E-state index contributed by atoms with van der Waals surface area (Å²) in [5.41, 5.74) is 1.62. The normalized spacial score (nSPS) is 13.1. The lowest BCUT2D eigenvalue weighted by Crippen LogP contribution is -2.32. The number of ether oxygens (including phenoxy) is 2. The topological polar surface area (TPSA) is 99.2 Å². The van der Waals surface area contributed by atoms with Crippen LogP contribution in [0.3, 0.4) is 0 Å². The Balaban J connectivity index is 1.41. The first kappa shape index (κ1) is 23.4. The van der Waals surface area contributed by atoms with Gasteiger partial charge in [0.05, 0.1) is 0 Å². The zero-order valence-corrected chi connectivity index (χ0v) is 18.5. The van der Waals surface area contributed by atoms with E-state index in [1.807, 2.05) is 36.4 Å². The fourth-order valence-corrected chi connectivity index (χ4v) is 4.42. The van der Waals surface area contributed by atoms with Crippen molar-refractivity contribution in [3.8, 4) is 0 Å². The van der Waals surface area contributed by atoms with Crippen molar-refractivity contribution < 1.29 is 33.5 Å². The molecule has 3 rings (SSSR count). The van der Waals surface area contributed by atoms with Gasteiger partial charge >= 0.3 is 12.1 Å². The van der Waals surface area contributed by atoms with Gasteiger partial charge in [-0.25, -0.2) is 9.59 Å². The van der Waals surface area contributed by atoms with Crippen molar-refractivity contribution in [1.82, 2.24) is 5.06 Å². The maximum atomic E-state index is 11.7. The van der Waals surface area contributed by atoms with Crippen molar-refractivity contribution in [3.05, 3.63) is 72.3 Å². The SMILES string of the molecule is C=CC(=O)OCc1ccc(SSc2ccc(COC(=O)ON3C(=O)CCC3=O)cc2)cc1. The highest BCUT2D eigenvalue weighted by Gasteiger charge is 2.33. The number of hydrogen-bond donors (Lipinski definition) is 0. The second kappa shape index (κ2) is 11.4. The van der Waals surface area contributed by atoms with Crippen molar-refractivity contribution >= 4 is 45.5 Å². The number of benzene rings is 2. The minimum atomic E-state index is -1.11. The van der Waals surface area contributed by atoms with Gasteiger partial charge in [-0.2, -0.15) is 0 Å². The number of amides is 2. The van der Waals surface area contributed by atoms with Gasteiger partial charge in [0, 0.05) is 28.7 Å². The Morgan fingerprint density at radius 2 is 1.31 bits per heavy atom. The van der Waals surface area contributed by atoms with E-state index in [-0.39, 0.29) is 26.1 Å². The molecule has 0 radical (unpaired) electrons. The summed E-state index contributed by atoms with van der Waals surface area (Å²) in [5, 5.41) is 0.444. The fourth-order valence-electron chi connectivity index (χ4n) is 2.49. The largest absolute Gasteiger partial charge is 0.534 e. The van der Waals surface area contributed by atoms with Crippen LogP contribution in [0.4, 0.5) is 4.79 Å². The van der Waals surface area contributed by atoms with E-state index in [2.05, 4.69) is 11.4 Å². The summed E-state index contributed by atoms with van der Waals surface area (Å²) in [6.07, 6.45) is 0.0743. The van der Waals surface area contributed by atoms with E-state index in [9.17, 15) is 19.2 Å². The first-order valence-electron chi connectivity index (χ1n) is 9.46. The van der Waals surface area contributed by atoms with Crippen LogP contribution >= 0.6 is 21.6 Å². The Morgan fingerprint density at radius 1 is 0.844 bits per heavy atom. The second-order valence-corrected chi connectivity index (χ2v) is 8.75. The van der Waals surface area contributed by atoms with Crippen molar-refractivity contribution in [1.29, 1.82) is 0 Å². The molecule has 0 N–H and O–H groups in total. The van der Waals surface area contributed by atoms with E-state index in [4.69, 9.17) is 9.47 Å². The maximum absolute atomic E-state index is 11.7. The zero-order valence-electron chi connectivity index (χ0n) is 16.9. The summed E-state index contributed by atoms with van der Waals surface area (Å²) < 4.78 is 9.95. The van der Waals surface area contributed by atoms with Crippen molar-refractivity contribution in [2.45, 2.75) is 35.8 Å². The molecule has 0 aromatic heterocycles. The highest BCUT2D eigenvalue weighted by molar-refractivity contribution is 8.76. The molecule has 1 heterocycles. The molecule has 10 heteroatoms. The molecule has 1 saturated heterocycles. The van der Waals surface area contributed by atoms with Crippen LogP contribution in [0.15, 0.2) is 71.0 Å². The number of rotatable bonds is 9. The lowest BCUT2D eigenvalue weighted by atomic mass is 10.2. The molecule has 0 spiro atoms. The minimum Gasteiger partial charge on any atom is -0.458 e. The van der Waals surface area contributed by atoms with E-state index < -0.39 is 23.9 Å². The standard InChI is InChI=1S/C22H19NO7S2/c1-2-21(26)28-13-15-3-7-17(8-4-15)31-32-18-9-5-16(6-10-18)14-29-22(27)30-23-19(24)11-12-20(23)25/h2-10H,1,11-14H2. The molecule has 0 aliphatic carbocycles. The number of imide groups is 1. The number of hydroxylamine groups is 2. The molecule has 0 bridgehead atoms. The molecule has 32 heavy (non-hydrogen) atoms. The summed E-state index contributed by atoms with van der Waals surface area (Å²) in [5.74, 6) is -1.57. The van der Waals surface area contributed by atoms with Crippen molar-refractivity contribution in [3.63, 3.8) is 0 Å². The third-order valence-corrected chi connectivity index (χ3v) is 6.57. The quantitative estimate of drug-likeness (QED) is 0.227. The van der Waals surface area contributed by atoms with Crippen LogP contribution in [0.25, 0.3) is 0 Å². The molecule has 2 aromatic carbocycles. The molecular formula is C22H19NO7S2. The van der Waals surface area contributed by atoms with Gasteiger partial charge in [-0.15, -0.1) is 0 Å². The van der Waals surface area contributed by atoms with Crippen LogP contribution in [0.5, 0.6) is 0 Å². The van der Waals surface area contributed by atoms with E-state index in [1.54, 1.807) is 33.7 Å². The second-order valence-electron chi connectivity index (χ2n) is 6.48. The van der Waals surface area contributed by atoms with E-state index in [0.29, 0.717) is 5.06 Å². The van der Waals surface area contributed by atoms with Crippen LogP contribution in [-0.4, -0.2) is 29.0 Å². The number of nitrogens with zero attached hydrogens (tertiary/aromatic N) is 1. The fraction of sp³-hybridized carbons (Fsp3) is 0.182. The molecular weight excluding hydrogens is 454 g/mol. The van der Waals surface area contributed by atoms with Crippen LogP contribution < -0.4 is 0 Å². The third kappa shape index (κ3) is 6.89. The predicted octanol–water partition coefficient (Wildman–Crippen LogP) is 4.43. The number of carbonyl (C=O) groups is 4. The smallest absolute Gasteiger partial charge is 0.458 e. The van der Waals surface area contributed by atoms with Crippen LogP contribution in [0.2, 0.25) is 0 Å². The highest BCUT2D eigenvalue weighted by atomic mass is 33.1. The first-order valence-corrected chi connectivity index (χ1v) is 11.6. The van der Waals surface area contributed by atoms with Gasteiger partial charge in [0.15, 0.2) is 0 Å². The molecule has 166 valence electrons. The molecule has 0 atom stereocenters. The Labute approximate surface area is 192 Å². The monoisotopic (exact) mass is 473 g/mol. The van der Waals surface area contributed by atoms with Crippen molar-refractivity contribution in [2.24, 2.45) is 0 Å². The van der Waals surface area contributed by atoms with Gasteiger partial charge in [0.2, 0.25) is 0 Å². The lowest BCUT2D eigenvalue weighted by Gasteiger charge is -2.12. The average molecular weight is 474 g/mol. The third-order valence-electron chi connectivity index (χ3n) is 4.16. The zero-order chi connectivity index (χ0) is 22.9. The van der Waals surface area contributed by atoms with Gasteiger partial charge in [-0.3, -0.25) is 14.4 Å². The summed E-state index contributed by atoms with van der Waals surface area (Å²) in [6, 6.07) is 15.1. The van der Waals surface area contributed by atoms with E-state index in [0.717, 1.165) is 27.0 Å². The summed E-state index contributed by atoms with van der Waals surface area (Å²) in [6.45, 7) is 3.50. The Kier molecular flexibility index (Phi) is 8.34. The Hall–Kier alpha value is -3.24. The number of carbonyl (C=O) groups excluding carboxylic acids is 4. The summed E-state index contributed by atoms with van der Waals surface area (Å²) in [7, 11) is 3.13. The van der Waals surface area contributed by atoms with Gasteiger partial charge in [-0.1, -0.05) is 57.5 Å². The molecule has 8 nitrogen and oxygen atoms in total. The van der Waals surface area contributed by atoms with Gasteiger partial charge in [0.1, 0.15) is 13.2 Å². The predicted molar refractivity (Wildman–Crippen MR) is 117 cm³/mol. The van der Waals surface area contributed by atoms with Crippen LogP contribution in [-0.2, 0) is 41.9 Å². The van der Waals surface area contributed by atoms with E-state index in [1.165, 1.54) is 0 Å².